The number of nitrogens with zero attached hydrogens (tertiary/aromatic N) is 6. The van der Waals surface area contributed by atoms with Gasteiger partial charge in [-0.25, -0.2) is 18.7 Å². The highest BCUT2D eigenvalue weighted by Gasteiger charge is 2.19. The van der Waals surface area contributed by atoms with Gasteiger partial charge in [0.25, 0.3) is 0 Å². The van der Waals surface area contributed by atoms with Crippen LogP contribution in [0.4, 0.5) is 42.9 Å². The van der Waals surface area contributed by atoms with Crippen molar-refractivity contribution in [2.45, 2.75) is 34.1 Å². The summed E-state index contributed by atoms with van der Waals surface area (Å²) < 4.78 is 38.3. The summed E-state index contributed by atoms with van der Waals surface area (Å²) in [6.45, 7) is 13.0. The van der Waals surface area contributed by atoms with Gasteiger partial charge in [-0.1, -0.05) is 23.7 Å². The smallest absolute Gasteiger partial charge is 0.221 e. The molecule has 0 bridgehead atoms. The third-order valence-electron chi connectivity index (χ3n) is 11.8. The lowest BCUT2D eigenvalue weighted by Gasteiger charge is -2.30. The Morgan fingerprint density at radius 1 is 0.662 bits per heavy atom. The normalized spacial score (nSPS) is 13.5. The minimum atomic E-state index is -0.353. The van der Waals surface area contributed by atoms with Gasteiger partial charge in [-0.05, 0) is 117 Å². The van der Waals surface area contributed by atoms with E-state index >= 15 is 0 Å². The van der Waals surface area contributed by atoms with Crippen molar-refractivity contribution in [2.24, 2.45) is 0 Å². The van der Waals surface area contributed by atoms with Gasteiger partial charge >= 0.3 is 0 Å². The first-order chi connectivity index (χ1) is 34.3. The highest BCUT2D eigenvalue weighted by atomic mass is 35.5. The molecule has 0 spiro atoms. The van der Waals surface area contributed by atoms with Crippen molar-refractivity contribution >= 4 is 79.2 Å². The first-order valence-corrected chi connectivity index (χ1v) is 23.6. The molecule has 71 heavy (non-hydrogen) atoms. The van der Waals surface area contributed by atoms with E-state index in [-0.39, 0.29) is 23.3 Å². The molecule has 0 saturated carbocycles. The lowest BCUT2D eigenvalue weighted by Crippen LogP contribution is -2.36. The summed E-state index contributed by atoms with van der Waals surface area (Å²) >= 11 is 6.34. The van der Waals surface area contributed by atoms with Crippen LogP contribution in [-0.2, 0) is 25.5 Å². The topological polar surface area (TPSA) is 161 Å². The molecule has 10 rings (SSSR count). The van der Waals surface area contributed by atoms with E-state index in [9.17, 15) is 18.4 Å². The summed E-state index contributed by atoms with van der Waals surface area (Å²) in [5, 5.41) is 8.57. The number of benzene rings is 4. The number of pyridine rings is 4. The van der Waals surface area contributed by atoms with Gasteiger partial charge in [0.15, 0.2) is 0 Å². The molecule has 13 nitrogen and oxygen atoms in total. The van der Waals surface area contributed by atoms with Crippen LogP contribution in [0.15, 0.2) is 122 Å². The van der Waals surface area contributed by atoms with E-state index in [1.165, 1.54) is 31.2 Å². The molecule has 0 aliphatic carbocycles. The van der Waals surface area contributed by atoms with Gasteiger partial charge < -0.3 is 35.6 Å². The maximum absolute atomic E-state index is 14.1. The maximum Gasteiger partial charge on any atom is 0.221 e. The van der Waals surface area contributed by atoms with E-state index in [1.54, 1.807) is 31.5 Å². The number of carbonyl (C=O) groups excluding carboxylic acids is 2. The molecule has 2 fully saturated rings. The number of nitrogen functional groups attached to an aromatic ring is 1. The number of aromatic nitrogens is 4. The Balaban J connectivity index is 0.000000158. The van der Waals surface area contributed by atoms with Gasteiger partial charge in [0, 0.05) is 109 Å². The zero-order chi connectivity index (χ0) is 50.0. The third kappa shape index (κ3) is 12.6. The van der Waals surface area contributed by atoms with Crippen LogP contribution >= 0.6 is 11.6 Å². The second kappa shape index (κ2) is 22.9. The van der Waals surface area contributed by atoms with E-state index in [2.05, 4.69) is 35.4 Å². The number of morpholine rings is 2. The fourth-order valence-corrected chi connectivity index (χ4v) is 8.74. The van der Waals surface area contributed by atoms with Crippen molar-refractivity contribution in [2.75, 3.05) is 78.8 Å². The van der Waals surface area contributed by atoms with Crippen molar-refractivity contribution in [1.29, 1.82) is 0 Å². The van der Waals surface area contributed by atoms with Crippen molar-refractivity contribution in [3.63, 3.8) is 0 Å². The molecule has 2 aliphatic heterocycles. The molecule has 364 valence electrons. The first-order valence-electron chi connectivity index (χ1n) is 23.2. The molecule has 0 unspecified atom stereocenters. The number of amides is 1. The molecule has 1 amide bonds. The monoisotopic (exact) mass is 977 g/mol. The van der Waals surface area contributed by atoms with Crippen LogP contribution in [0.3, 0.4) is 0 Å². The SMILES string of the molecule is CC(=O)Cc1cc(N)cc(N2CCOCC2)c1.CC(=O)Nc1cc(Nc2c(C)c(-c3ccccn3)nc3cc(F)ccc23)cc(N2CCOCC2)c1.Cc1c(-c2ccccn2)nc2cc(F)ccc2c1Cl. The zero-order valence-electron chi connectivity index (χ0n) is 39.9. The Morgan fingerprint density at radius 3 is 1.75 bits per heavy atom. The second-order valence-electron chi connectivity index (χ2n) is 17.2. The largest absolute Gasteiger partial charge is 0.399 e. The number of anilines is 6. The van der Waals surface area contributed by atoms with Gasteiger partial charge in [-0.3, -0.25) is 19.6 Å². The molecule has 2 saturated heterocycles. The van der Waals surface area contributed by atoms with Crippen LogP contribution in [0, 0.1) is 25.5 Å². The fourth-order valence-electron chi connectivity index (χ4n) is 8.49. The number of hydrogen-bond acceptors (Lipinski definition) is 12. The molecule has 0 radical (unpaired) electrons. The molecule has 4 aromatic heterocycles. The highest BCUT2D eigenvalue weighted by Crippen LogP contribution is 2.37. The van der Waals surface area contributed by atoms with Crippen molar-refractivity contribution in [3.05, 3.63) is 155 Å². The standard InChI is InChI=1S/C27H26FN5O2.C15H10ClFN2.C13H18N2O2/c1-17-26(23-7-6-19(28)13-25(23)32-27(17)24-5-3-4-8-29-24)31-21-14-20(30-18(2)34)15-22(16-21)33-9-11-35-12-10-33;1-9-14(16)11-6-5-10(17)8-13(11)19-15(9)12-4-2-3-7-18-12;1-10(16)6-11-7-12(14)9-13(8-11)15-2-4-17-5-3-15/h3-8,13-16H,9-12H2,1-2H3,(H,30,34)(H,31,32);2-8H,1H3;7-9H,2-6,14H2,1H3. The molecule has 2 aliphatic rings. The van der Waals surface area contributed by atoms with Gasteiger partial charge in [0.2, 0.25) is 5.91 Å². The predicted octanol–water partition coefficient (Wildman–Crippen LogP) is 10.9. The van der Waals surface area contributed by atoms with E-state index in [1.807, 2.05) is 86.6 Å². The van der Waals surface area contributed by atoms with Crippen LogP contribution in [0.5, 0.6) is 0 Å². The number of rotatable bonds is 9. The maximum atomic E-state index is 14.1. The lowest BCUT2D eigenvalue weighted by atomic mass is 10.0. The number of carbonyl (C=O) groups is 2. The summed E-state index contributed by atoms with van der Waals surface area (Å²) in [4.78, 5) is 45.4. The number of ketones is 1. The number of halogens is 3. The van der Waals surface area contributed by atoms with Crippen LogP contribution in [0.25, 0.3) is 44.6 Å². The lowest BCUT2D eigenvalue weighted by molar-refractivity contribution is -0.116. The van der Waals surface area contributed by atoms with Crippen molar-refractivity contribution in [3.8, 4) is 22.8 Å². The molecular weight excluding hydrogens is 924 g/mol. The first kappa shape index (κ1) is 49.8. The van der Waals surface area contributed by atoms with E-state index < -0.39 is 0 Å². The fraction of sp³-hybridized carbons (Fsp3) is 0.236. The van der Waals surface area contributed by atoms with Gasteiger partial charge in [0.1, 0.15) is 17.4 Å². The van der Waals surface area contributed by atoms with Gasteiger partial charge in [-0.15, -0.1) is 0 Å². The van der Waals surface area contributed by atoms with E-state index in [4.69, 9.17) is 31.8 Å². The van der Waals surface area contributed by atoms with Crippen LogP contribution in [0.1, 0.15) is 30.5 Å². The van der Waals surface area contributed by atoms with Crippen LogP contribution in [-0.4, -0.2) is 84.2 Å². The highest BCUT2D eigenvalue weighted by molar-refractivity contribution is 6.36. The predicted molar refractivity (Wildman–Crippen MR) is 280 cm³/mol. The number of fused-ring (bicyclic) bond motifs is 2. The Bertz CT molecular complexity index is 3190. The molecular formula is C55H54ClF2N9O4. The van der Waals surface area contributed by atoms with E-state index in [0.29, 0.717) is 64.1 Å². The Kier molecular flexibility index (Phi) is 16.1. The second-order valence-corrected chi connectivity index (χ2v) is 17.6. The van der Waals surface area contributed by atoms with Gasteiger partial charge in [-0.2, -0.15) is 0 Å². The molecule has 6 heterocycles. The van der Waals surface area contributed by atoms with Crippen LogP contribution < -0.4 is 26.2 Å². The molecule has 4 N–H and O–H groups in total. The minimum absolute atomic E-state index is 0.145. The number of ether oxygens (including phenoxy) is 2. The summed E-state index contributed by atoms with van der Waals surface area (Å²) in [5.41, 5.74) is 17.5. The Hall–Kier alpha value is -7.59. The third-order valence-corrected chi connectivity index (χ3v) is 12.3. The summed E-state index contributed by atoms with van der Waals surface area (Å²) in [7, 11) is 0. The Labute approximate surface area is 416 Å². The molecule has 8 aromatic rings. The van der Waals surface area contributed by atoms with Crippen molar-refractivity contribution in [1.82, 2.24) is 19.9 Å². The molecule has 0 atom stereocenters. The number of nitrogens with one attached hydrogen (secondary N) is 2. The number of nitrogens with two attached hydrogens (primary N) is 1. The quantitative estimate of drug-likeness (QED) is 0.118. The average molecular weight is 979 g/mol. The zero-order valence-corrected chi connectivity index (χ0v) is 40.7. The summed E-state index contributed by atoms with van der Waals surface area (Å²) in [6.07, 6.45) is 3.85. The molecule has 16 heteroatoms. The van der Waals surface area contributed by atoms with E-state index in [0.717, 1.165) is 95.3 Å². The average Bonchev–Trinajstić information content (AvgIpc) is 3.36. The van der Waals surface area contributed by atoms with Crippen LogP contribution in [0.2, 0.25) is 5.02 Å². The molecule has 4 aromatic carbocycles. The van der Waals surface area contributed by atoms with Crippen molar-refractivity contribution < 1.29 is 27.8 Å². The number of hydrogen-bond donors (Lipinski definition) is 3. The van der Waals surface area contributed by atoms with Gasteiger partial charge in [0.05, 0.1) is 70.9 Å². The summed E-state index contributed by atoms with van der Waals surface area (Å²) in [6, 6.07) is 32.0. The Morgan fingerprint density at radius 2 is 1.20 bits per heavy atom. The summed E-state index contributed by atoms with van der Waals surface area (Å²) in [5.74, 6) is -0.669. The minimum Gasteiger partial charge on any atom is -0.399 e. The number of Topliss-reactive ketones (excluding diaryl/α,β-unsaturated/α-hetero) is 1.